The number of carbonyl (C=O) groups excluding carboxylic acids is 1. The number of hydrogen-bond donors (Lipinski definition) is 2. The van der Waals surface area contributed by atoms with Gasteiger partial charge in [0.1, 0.15) is 5.56 Å². The van der Waals surface area contributed by atoms with E-state index >= 15 is 0 Å². The van der Waals surface area contributed by atoms with Crippen molar-refractivity contribution in [2.24, 2.45) is 0 Å². The molecule has 134 valence electrons. The predicted octanol–water partition coefficient (Wildman–Crippen LogP) is 2.69. The Kier molecular flexibility index (Phi) is 4.46. The van der Waals surface area contributed by atoms with Crippen LogP contribution in [0.4, 0.5) is 5.13 Å². The van der Waals surface area contributed by atoms with Crippen molar-refractivity contribution in [1.29, 1.82) is 0 Å². The fourth-order valence-electron chi connectivity index (χ4n) is 3.28. The number of carbonyl (C=O) groups is 1. The van der Waals surface area contributed by atoms with Gasteiger partial charge in [-0.05, 0) is 31.9 Å². The van der Waals surface area contributed by atoms with Crippen LogP contribution in [0.3, 0.4) is 0 Å². The summed E-state index contributed by atoms with van der Waals surface area (Å²) in [5, 5.41) is 3.99. The van der Waals surface area contributed by atoms with Gasteiger partial charge in [0, 0.05) is 37.1 Å². The van der Waals surface area contributed by atoms with Crippen molar-refractivity contribution >= 4 is 32.6 Å². The molecule has 2 aromatic heterocycles. The third kappa shape index (κ3) is 3.35. The Bertz CT molecular complexity index is 977. The third-order valence-electron chi connectivity index (χ3n) is 4.61. The molecule has 6 nitrogen and oxygen atoms in total. The molecule has 3 heterocycles. The van der Waals surface area contributed by atoms with E-state index in [1.165, 1.54) is 17.0 Å². The van der Waals surface area contributed by atoms with Crippen LogP contribution in [-0.2, 0) is 0 Å². The van der Waals surface area contributed by atoms with E-state index in [1.807, 2.05) is 18.2 Å². The smallest absolute Gasteiger partial charge is 0.257 e. The maximum Gasteiger partial charge on any atom is 0.257 e. The molecule has 0 spiro atoms. The van der Waals surface area contributed by atoms with Gasteiger partial charge in [-0.15, -0.1) is 0 Å². The minimum Gasteiger partial charge on any atom is -0.364 e. The lowest BCUT2D eigenvalue weighted by Gasteiger charge is -2.32. The second kappa shape index (κ2) is 6.92. The monoisotopic (exact) mass is 368 g/mol. The molecule has 26 heavy (non-hydrogen) atoms. The Morgan fingerprint density at radius 1 is 1.38 bits per heavy atom. The summed E-state index contributed by atoms with van der Waals surface area (Å²) in [6.07, 6.45) is 3.36. The van der Waals surface area contributed by atoms with Gasteiger partial charge in [0.25, 0.3) is 5.91 Å². The van der Waals surface area contributed by atoms with Crippen LogP contribution in [0.25, 0.3) is 10.2 Å². The van der Waals surface area contributed by atoms with E-state index in [2.05, 4.69) is 21.3 Å². The third-order valence-corrected chi connectivity index (χ3v) is 5.71. The number of pyridine rings is 1. The number of nitrogens with zero attached hydrogens (tertiary/aromatic N) is 2. The predicted molar refractivity (Wildman–Crippen MR) is 104 cm³/mol. The van der Waals surface area contributed by atoms with Gasteiger partial charge in [0.05, 0.1) is 10.2 Å². The first-order valence-corrected chi connectivity index (χ1v) is 9.52. The fraction of sp³-hybridized carbons (Fsp3) is 0.316. The van der Waals surface area contributed by atoms with E-state index in [0.717, 1.165) is 35.7 Å². The lowest BCUT2D eigenvalue weighted by atomic mass is 10.1. The Morgan fingerprint density at radius 3 is 3.04 bits per heavy atom. The SMILES string of the molecule is Cc1cc(=O)c(C(=O)NC2CCCN(c3nc4ccccc4s3)C2)c[nH]1. The molecule has 4 rings (SSSR count). The fourth-order valence-corrected chi connectivity index (χ4v) is 4.28. The van der Waals surface area contributed by atoms with Crippen molar-refractivity contribution in [3.8, 4) is 0 Å². The number of fused-ring (bicyclic) bond motifs is 1. The van der Waals surface area contributed by atoms with Gasteiger partial charge in [-0.1, -0.05) is 23.5 Å². The molecule has 1 aliphatic rings. The van der Waals surface area contributed by atoms with Crippen molar-refractivity contribution in [1.82, 2.24) is 15.3 Å². The maximum atomic E-state index is 12.5. The summed E-state index contributed by atoms with van der Waals surface area (Å²) < 4.78 is 1.17. The molecule has 1 atom stereocenters. The number of para-hydroxylation sites is 1. The number of hydrogen-bond acceptors (Lipinski definition) is 5. The van der Waals surface area contributed by atoms with Crippen LogP contribution < -0.4 is 15.6 Å². The van der Waals surface area contributed by atoms with Crippen molar-refractivity contribution in [3.05, 3.63) is 58.0 Å². The Hall–Kier alpha value is -2.67. The number of thiazole rings is 1. The van der Waals surface area contributed by atoms with E-state index < -0.39 is 0 Å². The second-order valence-electron chi connectivity index (χ2n) is 6.62. The Morgan fingerprint density at radius 2 is 2.23 bits per heavy atom. The average Bonchev–Trinajstić information content (AvgIpc) is 3.06. The number of aryl methyl sites for hydroxylation is 1. The first kappa shape index (κ1) is 16.8. The average molecular weight is 368 g/mol. The summed E-state index contributed by atoms with van der Waals surface area (Å²) in [6.45, 7) is 3.42. The van der Waals surface area contributed by atoms with Crippen LogP contribution in [0, 0.1) is 6.92 Å². The summed E-state index contributed by atoms with van der Waals surface area (Å²) in [5.41, 5.74) is 1.65. The standard InChI is InChI=1S/C19H20N4O2S/c1-12-9-16(24)14(10-20-12)18(25)21-13-5-4-8-23(11-13)19-22-15-6-2-3-7-17(15)26-19/h2-3,6-7,9-10,13H,4-5,8,11H2,1H3,(H,20,24)(H,21,25). The minimum absolute atomic E-state index is 0.00367. The molecule has 2 N–H and O–H groups in total. The summed E-state index contributed by atoms with van der Waals surface area (Å²) in [7, 11) is 0. The summed E-state index contributed by atoms with van der Waals surface area (Å²) in [4.78, 5) is 34.3. The molecule has 1 unspecified atom stereocenters. The number of anilines is 1. The number of amides is 1. The van der Waals surface area contributed by atoms with Gasteiger partial charge in [-0.25, -0.2) is 4.98 Å². The first-order valence-electron chi connectivity index (χ1n) is 8.71. The van der Waals surface area contributed by atoms with Crippen LogP contribution in [0.1, 0.15) is 28.9 Å². The quantitative estimate of drug-likeness (QED) is 0.745. The summed E-state index contributed by atoms with van der Waals surface area (Å²) in [6, 6.07) is 9.55. The van der Waals surface area contributed by atoms with Crippen LogP contribution in [0.5, 0.6) is 0 Å². The topological polar surface area (TPSA) is 78.1 Å². The summed E-state index contributed by atoms with van der Waals surface area (Å²) >= 11 is 1.67. The molecule has 0 saturated carbocycles. The molecule has 0 aliphatic carbocycles. The molecule has 0 radical (unpaired) electrons. The minimum atomic E-state index is -0.317. The van der Waals surface area contributed by atoms with Gasteiger partial charge >= 0.3 is 0 Å². The highest BCUT2D eigenvalue weighted by Crippen LogP contribution is 2.30. The van der Waals surface area contributed by atoms with Gasteiger partial charge in [-0.3, -0.25) is 9.59 Å². The van der Waals surface area contributed by atoms with E-state index in [0.29, 0.717) is 6.54 Å². The molecule has 3 aromatic rings. The molecule has 7 heteroatoms. The molecule has 1 aliphatic heterocycles. The molecule has 1 fully saturated rings. The van der Waals surface area contributed by atoms with Crippen LogP contribution in [0.15, 0.2) is 41.3 Å². The van der Waals surface area contributed by atoms with E-state index in [-0.39, 0.29) is 22.9 Å². The van der Waals surface area contributed by atoms with Crippen LogP contribution in [-0.4, -0.2) is 35.0 Å². The normalized spacial score (nSPS) is 17.4. The van der Waals surface area contributed by atoms with Crippen molar-refractivity contribution in [2.45, 2.75) is 25.8 Å². The number of H-pyrrole nitrogens is 1. The molecule has 1 saturated heterocycles. The lowest BCUT2D eigenvalue weighted by Crippen LogP contribution is -2.48. The lowest BCUT2D eigenvalue weighted by molar-refractivity contribution is 0.0931. The number of aromatic nitrogens is 2. The van der Waals surface area contributed by atoms with Crippen LogP contribution in [0.2, 0.25) is 0 Å². The van der Waals surface area contributed by atoms with Gasteiger partial charge in [-0.2, -0.15) is 0 Å². The zero-order chi connectivity index (χ0) is 18.1. The van der Waals surface area contributed by atoms with Crippen molar-refractivity contribution in [3.63, 3.8) is 0 Å². The molecule has 1 amide bonds. The first-order chi connectivity index (χ1) is 12.6. The Balaban J connectivity index is 1.48. The zero-order valence-corrected chi connectivity index (χ0v) is 15.3. The molecule has 1 aromatic carbocycles. The highest BCUT2D eigenvalue weighted by molar-refractivity contribution is 7.22. The number of piperidine rings is 1. The number of rotatable bonds is 3. The largest absolute Gasteiger partial charge is 0.364 e. The van der Waals surface area contributed by atoms with Gasteiger partial charge in [0.15, 0.2) is 10.6 Å². The van der Waals surface area contributed by atoms with Crippen molar-refractivity contribution in [2.75, 3.05) is 18.0 Å². The van der Waals surface area contributed by atoms with Gasteiger partial charge < -0.3 is 15.2 Å². The van der Waals surface area contributed by atoms with Crippen molar-refractivity contribution < 1.29 is 4.79 Å². The number of benzene rings is 1. The van der Waals surface area contributed by atoms with E-state index in [9.17, 15) is 9.59 Å². The number of aromatic amines is 1. The zero-order valence-electron chi connectivity index (χ0n) is 14.5. The van der Waals surface area contributed by atoms with Gasteiger partial charge in [0.2, 0.25) is 0 Å². The number of nitrogens with one attached hydrogen (secondary N) is 2. The Labute approximate surface area is 154 Å². The molecular weight excluding hydrogens is 348 g/mol. The second-order valence-corrected chi connectivity index (χ2v) is 7.63. The van der Waals surface area contributed by atoms with E-state index in [1.54, 1.807) is 18.3 Å². The maximum absolute atomic E-state index is 12.5. The van der Waals surface area contributed by atoms with E-state index in [4.69, 9.17) is 4.98 Å². The van der Waals surface area contributed by atoms with Crippen LogP contribution >= 0.6 is 11.3 Å². The highest BCUT2D eigenvalue weighted by atomic mass is 32.1. The summed E-state index contributed by atoms with van der Waals surface area (Å²) in [5.74, 6) is -0.317. The highest BCUT2D eigenvalue weighted by Gasteiger charge is 2.24. The molecular formula is C19H20N4O2S. The molecule has 0 bridgehead atoms.